The fourth-order valence-corrected chi connectivity index (χ4v) is 4.24. The van der Waals surface area contributed by atoms with E-state index in [0.717, 1.165) is 42.9 Å². The van der Waals surface area contributed by atoms with Crippen molar-refractivity contribution in [2.75, 3.05) is 26.2 Å². The molecule has 164 valence electrons. The third-order valence-electron chi connectivity index (χ3n) is 6.02. The minimum atomic E-state index is 0.0287. The maximum absolute atomic E-state index is 13.3. The summed E-state index contributed by atoms with van der Waals surface area (Å²) in [5.74, 6) is 0.0287. The number of hydrogen-bond acceptors (Lipinski definition) is 5. The predicted molar refractivity (Wildman–Crippen MR) is 122 cm³/mol. The van der Waals surface area contributed by atoms with Gasteiger partial charge in [0, 0.05) is 37.7 Å². The van der Waals surface area contributed by atoms with Crippen LogP contribution in [0, 0.1) is 0 Å². The van der Waals surface area contributed by atoms with Gasteiger partial charge in [0.05, 0.1) is 18.4 Å². The highest BCUT2D eigenvalue weighted by molar-refractivity contribution is 5.96. The van der Waals surface area contributed by atoms with E-state index in [2.05, 4.69) is 33.7 Å². The third kappa shape index (κ3) is 5.28. The molecule has 0 aliphatic carbocycles. The van der Waals surface area contributed by atoms with Crippen molar-refractivity contribution in [1.82, 2.24) is 29.3 Å². The summed E-state index contributed by atoms with van der Waals surface area (Å²) in [6.45, 7) is 8.76. The second kappa shape index (κ2) is 10.0. The van der Waals surface area contributed by atoms with E-state index in [1.807, 2.05) is 33.9 Å². The molecule has 7 nitrogen and oxygen atoms in total. The van der Waals surface area contributed by atoms with Crippen molar-refractivity contribution in [3.63, 3.8) is 0 Å². The Labute approximate surface area is 184 Å². The number of aromatic nitrogens is 4. The van der Waals surface area contributed by atoms with Crippen molar-refractivity contribution >= 4 is 17.1 Å². The number of carbonyl (C=O) groups is 1. The van der Waals surface area contributed by atoms with Gasteiger partial charge in [-0.2, -0.15) is 0 Å². The number of rotatable bonds is 7. The molecule has 1 amide bonds. The summed E-state index contributed by atoms with van der Waals surface area (Å²) in [6, 6.07) is 5.95. The Bertz CT molecular complexity index is 992. The van der Waals surface area contributed by atoms with Gasteiger partial charge in [-0.3, -0.25) is 9.78 Å². The molecule has 1 aliphatic heterocycles. The Kier molecular flexibility index (Phi) is 6.92. The van der Waals surface area contributed by atoms with Crippen LogP contribution in [0.1, 0.15) is 55.5 Å². The molecule has 3 aromatic rings. The molecule has 3 aromatic heterocycles. The van der Waals surface area contributed by atoms with Gasteiger partial charge in [0.25, 0.3) is 5.91 Å². The Hall–Kier alpha value is -2.80. The summed E-state index contributed by atoms with van der Waals surface area (Å²) in [5, 5.41) is 0. The summed E-state index contributed by atoms with van der Waals surface area (Å²) in [7, 11) is 0. The Morgan fingerprint density at radius 2 is 1.94 bits per heavy atom. The normalized spacial score (nSPS) is 15.3. The number of amides is 1. The van der Waals surface area contributed by atoms with Gasteiger partial charge in [-0.25, -0.2) is 9.97 Å². The van der Waals surface area contributed by atoms with Gasteiger partial charge in [0.2, 0.25) is 0 Å². The van der Waals surface area contributed by atoms with E-state index >= 15 is 0 Å². The monoisotopic (exact) mass is 420 g/mol. The Morgan fingerprint density at radius 1 is 1.13 bits per heavy atom. The van der Waals surface area contributed by atoms with Crippen LogP contribution in [-0.4, -0.2) is 67.4 Å². The third-order valence-corrected chi connectivity index (χ3v) is 6.02. The van der Waals surface area contributed by atoms with E-state index in [9.17, 15) is 4.79 Å². The van der Waals surface area contributed by atoms with Gasteiger partial charge in [0.15, 0.2) is 5.65 Å². The molecule has 0 radical (unpaired) electrons. The number of carbonyl (C=O) groups excluding carboxylic acids is 1. The maximum atomic E-state index is 13.3. The van der Waals surface area contributed by atoms with Crippen LogP contribution in [-0.2, 0) is 6.54 Å². The molecule has 1 saturated heterocycles. The molecular weight excluding hydrogens is 388 g/mol. The number of likely N-dealkylation sites (tertiary alicyclic amines) is 1. The molecule has 0 spiro atoms. The van der Waals surface area contributed by atoms with Gasteiger partial charge in [0.1, 0.15) is 5.52 Å². The first-order chi connectivity index (χ1) is 15.1. The van der Waals surface area contributed by atoms with Crippen LogP contribution in [0.2, 0.25) is 0 Å². The minimum Gasteiger partial charge on any atom is -0.335 e. The van der Waals surface area contributed by atoms with Crippen molar-refractivity contribution in [2.45, 2.75) is 52.1 Å². The molecule has 0 unspecified atom stereocenters. The smallest absolute Gasteiger partial charge is 0.255 e. The molecule has 4 rings (SSSR count). The number of hydrogen-bond donors (Lipinski definition) is 0. The molecule has 1 fully saturated rings. The van der Waals surface area contributed by atoms with Gasteiger partial charge in [-0.05, 0) is 57.5 Å². The van der Waals surface area contributed by atoms with Crippen LogP contribution >= 0.6 is 0 Å². The predicted octanol–water partition coefficient (Wildman–Crippen LogP) is 3.60. The van der Waals surface area contributed by atoms with Crippen LogP contribution < -0.4 is 0 Å². The molecule has 31 heavy (non-hydrogen) atoms. The summed E-state index contributed by atoms with van der Waals surface area (Å²) in [6.07, 6.45) is 12.2. The average molecular weight is 421 g/mol. The van der Waals surface area contributed by atoms with Crippen molar-refractivity contribution in [3.8, 4) is 0 Å². The highest BCUT2D eigenvalue weighted by atomic mass is 16.2. The molecule has 0 saturated carbocycles. The number of imidazole rings is 1. The highest BCUT2D eigenvalue weighted by Gasteiger charge is 2.21. The SMILES string of the molecule is CC(C)N(CCN1CCCCCC1)C(=O)c1cnc2c(c1)ncn2Cc1cccnc1. The lowest BCUT2D eigenvalue weighted by Gasteiger charge is -2.30. The standard InChI is InChI=1S/C24H32N6O/c1-19(2)30(13-12-28-10-5-3-4-6-11-28)24(31)21-14-22-23(26-16-21)29(18-27-22)17-20-8-7-9-25-15-20/h7-9,14-16,18-19H,3-6,10-13,17H2,1-2H3. The zero-order chi connectivity index (χ0) is 21.6. The maximum Gasteiger partial charge on any atom is 0.255 e. The second-order valence-electron chi connectivity index (χ2n) is 8.65. The first-order valence-electron chi connectivity index (χ1n) is 11.3. The molecule has 7 heteroatoms. The van der Waals surface area contributed by atoms with Gasteiger partial charge in [-0.15, -0.1) is 0 Å². The lowest BCUT2D eigenvalue weighted by atomic mass is 10.2. The van der Waals surface area contributed by atoms with E-state index in [4.69, 9.17) is 0 Å². The van der Waals surface area contributed by atoms with E-state index in [-0.39, 0.29) is 11.9 Å². The fraction of sp³-hybridized carbons (Fsp3) is 0.500. The molecule has 0 N–H and O–H groups in total. The largest absolute Gasteiger partial charge is 0.335 e. The minimum absolute atomic E-state index is 0.0287. The zero-order valence-electron chi connectivity index (χ0n) is 18.6. The average Bonchev–Trinajstić information content (AvgIpc) is 2.99. The summed E-state index contributed by atoms with van der Waals surface area (Å²) >= 11 is 0. The first-order valence-corrected chi connectivity index (χ1v) is 11.3. The van der Waals surface area contributed by atoms with Crippen LogP contribution in [0.25, 0.3) is 11.2 Å². The Morgan fingerprint density at radius 3 is 2.65 bits per heavy atom. The zero-order valence-corrected chi connectivity index (χ0v) is 18.6. The van der Waals surface area contributed by atoms with Crippen LogP contribution in [0.15, 0.2) is 43.1 Å². The van der Waals surface area contributed by atoms with Crippen LogP contribution in [0.5, 0.6) is 0 Å². The van der Waals surface area contributed by atoms with Crippen LogP contribution in [0.3, 0.4) is 0 Å². The van der Waals surface area contributed by atoms with Crippen molar-refractivity contribution in [2.24, 2.45) is 0 Å². The van der Waals surface area contributed by atoms with Gasteiger partial charge in [-0.1, -0.05) is 18.9 Å². The quantitative estimate of drug-likeness (QED) is 0.584. The van der Waals surface area contributed by atoms with Gasteiger partial charge < -0.3 is 14.4 Å². The molecule has 1 aliphatic rings. The van der Waals surface area contributed by atoms with E-state index in [0.29, 0.717) is 12.1 Å². The number of nitrogens with zero attached hydrogens (tertiary/aromatic N) is 6. The number of pyridine rings is 2. The second-order valence-corrected chi connectivity index (χ2v) is 8.65. The van der Waals surface area contributed by atoms with Crippen molar-refractivity contribution in [1.29, 1.82) is 0 Å². The Balaban J connectivity index is 1.47. The number of fused-ring (bicyclic) bond motifs is 1. The first kappa shape index (κ1) is 21.4. The highest BCUT2D eigenvalue weighted by Crippen LogP contribution is 2.17. The summed E-state index contributed by atoms with van der Waals surface area (Å²) in [5.41, 5.74) is 3.21. The molecule has 0 atom stereocenters. The summed E-state index contributed by atoms with van der Waals surface area (Å²) in [4.78, 5) is 31.0. The topological polar surface area (TPSA) is 67.2 Å². The van der Waals surface area contributed by atoms with Crippen molar-refractivity contribution in [3.05, 3.63) is 54.2 Å². The fourth-order valence-electron chi connectivity index (χ4n) is 4.24. The molecule has 4 heterocycles. The van der Waals surface area contributed by atoms with Crippen molar-refractivity contribution < 1.29 is 4.79 Å². The lowest BCUT2D eigenvalue weighted by Crippen LogP contribution is -2.42. The summed E-state index contributed by atoms with van der Waals surface area (Å²) < 4.78 is 1.99. The van der Waals surface area contributed by atoms with E-state index in [1.54, 1.807) is 18.7 Å². The van der Waals surface area contributed by atoms with E-state index < -0.39 is 0 Å². The van der Waals surface area contributed by atoms with Crippen LogP contribution in [0.4, 0.5) is 0 Å². The molecular formula is C24H32N6O. The lowest BCUT2D eigenvalue weighted by molar-refractivity contribution is 0.0681. The molecule has 0 bridgehead atoms. The van der Waals surface area contributed by atoms with Gasteiger partial charge >= 0.3 is 0 Å². The van der Waals surface area contributed by atoms with E-state index in [1.165, 1.54) is 25.7 Å². The molecule has 0 aromatic carbocycles.